The van der Waals surface area contributed by atoms with E-state index in [-0.39, 0.29) is 5.75 Å². The van der Waals surface area contributed by atoms with Crippen molar-refractivity contribution in [3.05, 3.63) is 42.5 Å². The van der Waals surface area contributed by atoms with Crippen molar-refractivity contribution in [3.63, 3.8) is 0 Å². The second kappa shape index (κ2) is 5.28. The van der Waals surface area contributed by atoms with Crippen LogP contribution in [0.1, 0.15) is 5.56 Å². The van der Waals surface area contributed by atoms with Crippen molar-refractivity contribution in [2.24, 2.45) is 5.73 Å². The van der Waals surface area contributed by atoms with E-state index in [2.05, 4.69) is 10.1 Å². The average Bonchev–Trinajstić information content (AvgIpc) is 2.90. The summed E-state index contributed by atoms with van der Waals surface area (Å²) in [5.41, 5.74) is 6.37. The number of rotatable bonds is 5. The fourth-order valence-electron chi connectivity index (χ4n) is 1.51. The zero-order valence-electron chi connectivity index (χ0n) is 9.73. The number of hydrogen-bond acceptors (Lipinski definition) is 5. The van der Waals surface area contributed by atoms with Gasteiger partial charge in [-0.25, -0.2) is 13.4 Å². The predicted molar refractivity (Wildman–Crippen MR) is 66.4 cm³/mol. The molecular formula is C11H14N4O2S. The lowest BCUT2D eigenvalue weighted by Gasteiger charge is -2.05. The summed E-state index contributed by atoms with van der Waals surface area (Å²) < 4.78 is 25.6. The molecule has 0 aliphatic rings. The molecule has 1 aromatic heterocycles. The summed E-state index contributed by atoms with van der Waals surface area (Å²) in [6.45, 7) is 0.695. The molecule has 0 atom stereocenters. The Labute approximate surface area is 105 Å². The third-order valence-electron chi connectivity index (χ3n) is 2.57. The van der Waals surface area contributed by atoms with E-state index in [1.54, 1.807) is 24.3 Å². The molecule has 2 aromatic rings. The Kier molecular flexibility index (Phi) is 3.73. The molecule has 2 rings (SSSR count). The lowest BCUT2D eigenvalue weighted by atomic mass is 10.2. The Morgan fingerprint density at radius 2 is 1.94 bits per heavy atom. The molecule has 1 heterocycles. The van der Waals surface area contributed by atoms with Crippen LogP contribution in [-0.4, -0.2) is 28.9 Å². The first kappa shape index (κ1) is 12.7. The van der Waals surface area contributed by atoms with Crippen LogP contribution in [0, 0.1) is 0 Å². The van der Waals surface area contributed by atoms with Crippen molar-refractivity contribution < 1.29 is 8.42 Å². The first-order chi connectivity index (χ1) is 8.62. The molecule has 6 nitrogen and oxygen atoms in total. The Bertz CT molecular complexity index is 590. The highest BCUT2D eigenvalue weighted by atomic mass is 32.2. The SMILES string of the molecule is NCc1ccc(S(=O)(=O)CCn2cncn2)cc1. The Morgan fingerprint density at radius 3 is 2.50 bits per heavy atom. The van der Waals surface area contributed by atoms with Gasteiger partial charge in [0.25, 0.3) is 0 Å². The van der Waals surface area contributed by atoms with Crippen LogP contribution in [0.5, 0.6) is 0 Å². The molecule has 0 saturated carbocycles. The molecule has 0 fully saturated rings. The van der Waals surface area contributed by atoms with E-state index in [4.69, 9.17) is 5.73 Å². The number of sulfone groups is 1. The Morgan fingerprint density at radius 1 is 1.22 bits per heavy atom. The molecular weight excluding hydrogens is 252 g/mol. The van der Waals surface area contributed by atoms with Gasteiger partial charge in [-0.05, 0) is 17.7 Å². The minimum Gasteiger partial charge on any atom is -0.326 e. The van der Waals surface area contributed by atoms with Crippen molar-refractivity contribution in [3.8, 4) is 0 Å². The average molecular weight is 266 g/mol. The van der Waals surface area contributed by atoms with E-state index in [0.717, 1.165) is 5.56 Å². The number of hydrogen-bond donors (Lipinski definition) is 1. The highest BCUT2D eigenvalue weighted by Gasteiger charge is 2.14. The van der Waals surface area contributed by atoms with Gasteiger partial charge in [0.2, 0.25) is 0 Å². The lowest BCUT2D eigenvalue weighted by Crippen LogP contribution is -2.13. The fraction of sp³-hybridized carbons (Fsp3) is 0.273. The van der Waals surface area contributed by atoms with E-state index < -0.39 is 9.84 Å². The molecule has 0 amide bonds. The van der Waals surface area contributed by atoms with Gasteiger partial charge in [-0.15, -0.1) is 0 Å². The van der Waals surface area contributed by atoms with E-state index in [0.29, 0.717) is 18.0 Å². The molecule has 96 valence electrons. The number of benzene rings is 1. The predicted octanol–water partition coefficient (Wildman–Crippen LogP) is 0.211. The minimum absolute atomic E-state index is 0.00166. The van der Waals surface area contributed by atoms with Crippen molar-refractivity contribution in [2.75, 3.05) is 5.75 Å². The fourth-order valence-corrected chi connectivity index (χ4v) is 2.73. The van der Waals surface area contributed by atoms with Gasteiger partial charge in [0, 0.05) is 6.54 Å². The molecule has 0 aliphatic carbocycles. The summed E-state index contributed by atoms with van der Waals surface area (Å²) in [7, 11) is -3.29. The Balaban J connectivity index is 2.09. The maximum Gasteiger partial charge on any atom is 0.180 e. The molecule has 0 bridgehead atoms. The summed E-state index contributed by atoms with van der Waals surface area (Å²) >= 11 is 0. The summed E-state index contributed by atoms with van der Waals surface area (Å²) in [4.78, 5) is 4.07. The summed E-state index contributed by atoms with van der Waals surface area (Å²) in [6, 6.07) is 6.61. The maximum atomic E-state index is 12.0. The normalized spacial score (nSPS) is 11.6. The van der Waals surface area contributed by atoms with Gasteiger partial charge in [0.15, 0.2) is 9.84 Å². The second-order valence-electron chi connectivity index (χ2n) is 3.83. The first-order valence-corrected chi connectivity index (χ1v) is 7.11. The molecule has 0 radical (unpaired) electrons. The molecule has 0 spiro atoms. The molecule has 0 aliphatic heterocycles. The summed E-state index contributed by atoms with van der Waals surface area (Å²) in [6.07, 6.45) is 2.87. The van der Waals surface area contributed by atoms with Gasteiger partial charge in [-0.1, -0.05) is 12.1 Å². The van der Waals surface area contributed by atoms with Crippen LogP contribution in [-0.2, 0) is 22.9 Å². The monoisotopic (exact) mass is 266 g/mol. The van der Waals surface area contributed by atoms with E-state index >= 15 is 0 Å². The van der Waals surface area contributed by atoms with Crippen molar-refractivity contribution >= 4 is 9.84 Å². The van der Waals surface area contributed by atoms with Crippen molar-refractivity contribution in [1.82, 2.24) is 14.8 Å². The third kappa shape index (κ3) is 2.93. The van der Waals surface area contributed by atoms with Crippen LogP contribution in [0.2, 0.25) is 0 Å². The standard InChI is InChI=1S/C11H14N4O2S/c12-7-10-1-3-11(4-2-10)18(16,17)6-5-15-9-13-8-14-15/h1-4,8-9H,5-7,12H2. The minimum atomic E-state index is -3.29. The van der Waals surface area contributed by atoms with Gasteiger partial charge in [0.1, 0.15) is 12.7 Å². The molecule has 0 unspecified atom stereocenters. The maximum absolute atomic E-state index is 12.0. The highest BCUT2D eigenvalue weighted by molar-refractivity contribution is 7.91. The van der Waals surface area contributed by atoms with Gasteiger partial charge < -0.3 is 5.73 Å². The van der Waals surface area contributed by atoms with Crippen LogP contribution in [0.25, 0.3) is 0 Å². The molecule has 7 heteroatoms. The van der Waals surface area contributed by atoms with E-state index in [1.807, 2.05) is 0 Å². The lowest BCUT2D eigenvalue weighted by molar-refractivity contribution is 0.580. The van der Waals surface area contributed by atoms with Gasteiger partial charge in [0.05, 0.1) is 17.2 Å². The molecule has 0 saturated heterocycles. The molecule has 18 heavy (non-hydrogen) atoms. The smallest absolute Gasteiger partial charge is 0.180 e. The van der Waals surface area contributed by atoms with Crippen LogP contribution >= 0.6 is 0 Å². The number of aryl methyl sites for hydroxylation is 1. The largest absolute Gasteiger partial charge is 0.326 e. The zero-order valence-corrected chi connectivity index (χ0v) is 10.5. The number of nitrogens with two attached hydrogens (primary N) is 1. The van der Waals surface area contributed by atoms with Crippen molar-refractivity contribution in [2.45, 2.75) is 18.0 Å². The number of nitrogens with zero attached hydrogens (tertiary/aromatic N) is 3. The van der Waals surface area contributed by atoms with Gasteiger partial charge in [-0.2, -0.15) is 5.10 Å². The summed E-state index contributed by atoms with van der Waals surface area (Å²) in [5, 5.41) is 3.86. The van der Waals surface area contributed by atoms with Crippen LogP contribution in [0.4, 0.5) is 0 Å². The quantitative estimate of drug-likeness (QED) is 0.835. The molecule has 2 N–H and O–H groups in total. The summed E-state index contributed by atoms with van der Waals surface area (Å²) in [5.74, 6) is -0.00166. The third-order valence-corrected chi connectivity index (χ3v) is 4.28. The van der Waals surface area contributed by atoms with Crippen molar-refractivity contribution in [1.29, 1.82) is 0 Å². The van der Waals surface area contributed by atoms with Gasteiger partial charge in [-0.3, -0.25) is 4.68 Å². The molecule has 1 aromatic carbocycles. The highest BCUT2D eigenvalue weighted by Crippen LogP contribution is 2.12. The van der Waals surface area contributed by atoms with Gasteiger partial charge >= 0.3 is 0 Å². The van der Waals surface area contributed by atoms with E-state index in [1.165, 1.54) is 17.3 Å². The van der Waals surface area contributed by atoms with Crippen LogP contribution < -0.4 is 5.73 Å². The first-order valence-electron chi connectivity index (χ1n) is 5.46. The van der Waals surface area contributed by atoms with Crippen LogP contribution in [0.3, 0.4) is 0 Å². The Hall–Kier alpha value is -1.73. The van der Waals surface area contributed by atoms with E-state index in [9.17, 15) is 8.42 Å². The second-order valence-corrected chi connectivity index (χ2v) is 5.93. The topological polar surface area (TPSA) is 90.9 Å². The number of aromatic nitrogens is 3. The zero-order chi connectivity index (χ0) is 13.0. The van der Waals surface area contributed by atoms with Crippen LogP contribution in [0.15, 0.2) is 41.8 Å².